The maximum atomic E-state index is 11.5. The largest absolute Gasteiger partial charge is 0.453 e. The van der Waals surface area contributed by atoms with Crippen LogP contribution in [0.4, 0.5) is 10.6 Å². The van der Waals surface area contributed by atoms with Gasteiger partial charge in [0.2, 0.25) is 11.7 Å². The van der Waals surface area contributed by atoms with Gasteiger partial charge in [0.25, 0.3) is 0 Å². The average Bonchev–Trinajstić information content (AvgIpc) is 3.28. The van der Waals surface area contributed by atoms with Gasteiger partial charge in [0.05, 0.1) is 13.0 Å². The lowest BCUT2D eigenvalue weighted by molar-refractivity contribution is -0.116. The van der Waals surface area contributed by atoms with E-state index >= 15 is 0 Å². The number of ketones is 1. The molecule has 9 nitrogen and oxygen atoms in total. The number of carbonyl (C=O) groups is 2. The molecule has 0 radical (unpaired) electrons. The lowest BCUT2D eigenvalue weighted by Gasteiger charge is -2.35. The van der Waals surface area contributed by atoms with E-state index in [1.54, 1.807) is 18.0 Å². The van der Waals surface area contributed by atoms with Gasteiger partial charge in [0.1, 0.15) is 11.6 Å². The molecule has 1 amide bonds. The number of carbonyl (C=O) groups excluding carboxylic acids is 2. The number of hydrogen-bond acceptors (Lipinski definition) is 8. The Morgan fingerprint density at radius 3 is 2.79 bits per heavy atom. The van der Waals surface area contributed by atoms with E-state index in [0.29, 0.717) is 37.6 Å². The summed E-state index contributed by atoms with van der Waals surface area (Å²) in [4.78, 5) is 33.1. The van der Waals surface area contributed by atoms with Gasteiger partial charge in [0, 0.05) is 37.5 Å². The normalized spacial score (nSPS) is 13.7. The van der Waals surface area contributed by atoms with E-state index in [9.17, 15) is 9.59 Å². The number of methoxy groups -OCH3 is 1. The fraction of sp³-hybridized carbons (Fsp3) is 0.320. The van der Waals surface area contributed by atoms with Crippen molar-refractivity contribution < 1.29 is 18.8 Å². The summed E-state index contributed by atoms with van der Waals surface area (Å²) in [6, 6.07) is 9.83. The standard InChI is InChI=1S/C25H27N5O4/c1-16-4-8-20(23-28-24(34-29-23)21-14-30(15-21)25(32)33-3)12-19(16)10-11-26-22-9-7-18(13-27-22)6-5-17(2)31/h4,7-13,21H,5-6,14-15H2,1-3H3,(H,26,27)/b11-10+. The minimum atomic E-state index is -0.348. The van der Waals surface area contributed by atoms with Crippen molar-refractivity contribution in [2.24, 2.45) is 0 Å². The van der Waals surface area contributed by atoms with Gasteiger partial charge in [-0.2, -0.15) is 4.98 Å². The number of pyridine rings is 1. The van der Waals surface area contributed by atoms with Crippen molar-refractivity contribution in [3.8, 4) is 11.4 Å². The van der Waals surface area contributed by atoms with Gasteiger partial charge < -0.3 is 24.3 Å². The van der Waals surface area contributed by atoms with Gasteiger partial charge in [-0.15, -0.1) is 0 Å². The average molecular weight is 462 g/mol. The van der Waals surface area contributed by atoms with Gasteiger partial charge in [0.15, 0.2) is 0 Å². The summed E-state index contributed by atoms with van der Waals surface area (Å²) in [5.41, 5.74) is 3.99. The quantitative estimate of drug-likeness (QED) is 0.531. The zero-order chi connectivity index (χ0) is 24.1. The number of ether oxygens (including phenoxy) is 1. The van der Waals surface area contributed by atoms with Crippen LogP contribution in [0.15, 0.2) is 47.3 Å². The molecule has 9 heteroatoms. The molecule has 1 aliphatic rings. The SMILES string of the molecule is COC(=O)N1CC(c2nc(-c3ccc(C)c(/C=C/Nc4ccc(CCC(C)=O)cn4)c3)no2)C1. The summed E-state index contributed by atoms with van der Waals surface area (Å²) in [5, 5.41) is 7.29. The van der Waals surface area contributed by atoms with Crippen LogP contribution in [0, 0.1) is 6.92 Å². The first-order chi connectivity index (χ1) is 16.4. The molecule has 1 fully saturated rings. The van der Waals surface area contributed by atoms with Crippen molar-refractivity contribution in [1.29, 1.82) is 0 Å². The number of Topliss-reactive ketones (excluding diaryl/α,β-unsaturated/α-hetero) is 1. The third-order valence-corrected chi connectivity index (χ3v) is 5.73. The van der Waals surface area contributed by atoms with Crippen LogP contribution >= 0.6 is 0 Å². The fourth-order valence-electron chi connectivity index (χ4n) is 3.59. The van der Waals surface area contributed by atoms with Gasteiger partial charge in [-0.1, -0.05) is 23.4 Å². The van der Waals surface area contributed by atoms with Crippen LogP contribution in [0.25, 0.3) is 17.5 Å². The highest BCUT2D eigenvalue weighted by Crippen LogP contribution is 2.28. The number of nitrogens with one attached hydrogen (secondary N) is 1. The van der Waals surface area contributed by atoms with Gasteiger partial charge in [-0.3, -0.25) is 0 Å². The van der Waals surface area contributed by atoms with Crippen molar-refractivity contribution in [3.63, 3.8) is 0 Å². The lowest BCUT2D eigenvalue weighted by Crippen LogP contribution is -2.48. The monoisotopic (exact) mass is 461 g/mol. The maximum Gasteiger partial charge on any atom is 0.409 e. The number of nitrogens with zero attached hydrogens (tertiary/aromatic N) is 4. The highest BCUT2D eigenvalue weighted by atomic mass is 16.5. The molecule has 3 heterocycles. The number of aromatic nitrogens is 3. The summed E-state index contributed by atoms with van der Waals surface area (Å²) in [5.74, 6) is 1.95. The second-order valence-electron chi connectivity index (χ2n) is 8.33. The van der Waals surface area contributed by atoms with E-state index < -0.39 is 0 Å². The molecule has 0 atom stereocenters. The Kier molecular flexibility index (Phi) is 7.01. The van der Waals surface area contributed by atoms with Crippen molar-refractivity contribution >= 4 is 23.8 Å². The smallest absolute Gasteiger partial charge is 0.409 e. The Labute approximate surface area is 197 Å². The zero-order valence-corrected chi connectivity index (χ0v) is 19.4. The Morgan fingerprint density at radius 2 is 2.09 bits per heavy atom. The molecular weight excluding hydrogens is 434 g/mol. The van der Waals surface area contributed by atoms with Crippen LogP contribution in [0.3, 0.4) is 0 Å². The number of benzene rings is 1. The van der Waals surface area contributed by atoms with E-state index in [1.165, 1.54) is 7.11 Å². The first kappa shape index (κ1) is 23.2. The molecule has 1 N–H and O–H groups in total. The number of hydrogen-bond donors (Lipinski definition) is 1. The summed E-state index contributed by atoms with van der Waals surface area (Å²) >= 11 is 0. The van der Waals surface area contributed by atoms with Crippen LogP contribution < -0.4 is 5.32 Å². The molecule has 1 aliphatic heterocycles. The molecule has 0 spiro atoms. The minimum absolute atomic E-state index is 0.0238. The van der Waals surface area contributed by atoms with Crippen molar-refractivity contribution in [2.75, 3.05) is 25.5 Å². The highest BCUT2D eigenvalue weighted by molar-refractivity contribution is 5.75. The second kappa shape index (κ2) is 10.3. The predicted octanol–water partition coefficient (Wildman–Crippen LogP) is 4.21. The van der Waals surface area contributed by atoms with Crippen LogP contribution in [-0.4, -0.2) is 52.1 Å². The van der Waals surface area contributed by atoms with Crippen molar-refractivity contribution in [2.45, 2.75) is 32.6 Å². The first-order valence-corrected chi connectivity index (χ1v) is 11.1. The number of rotatable bonds is 8. The Balaban J connectivity index is 1.38. The molecule has 0 bridgehead atoms. The molecule has 1 aromatic carbocycles. The topological polar surface area (TPSA) is 110 Å². The molecule has 4 rings (SSSR count). The van der Waals surface area contributed by atoms with E-state index in [2.05, 4.69) is 20.4 Å². The predicted molar refractivity (Wildman–Crippen MR) is 127 cm³/mol. The van der Waals surface area contributed by atoms with Gasteiger partial charge in [-0.05, 0) is 55.2 Å². The van der Waals surface area contributed by atoms with Crippen molar-refractivity contribution in [1.82, 2.24) is 20.0 Å². The third kappa shape index (κ3) is 5.48. The molecular formula is C25H27N5O4. The third-order valence-electron chi connectivity index (χ3n) is 5.73. The molecule has 0 aliphatic carbocycles. The molecule has 0 unspecified atom stereocenters. The number of amides is 1. The van der Waals surface area contributed by atoms with E-state index in [-0.39, 0.29) is 17.8 Å². The highest BCUT2D eigenvalue weighted by Gasteiger charge is 2.36. The minimum Gasteiger partial charge on any atom is -0.453 e. The molecule has 3 aromatic rings. The van der Waals surface area contributed by atoms with Crippen LogP contribution in [-0.2, 0) is 16.0 Å². The summed E-state index contributed by atoms with van der Waals surface area (Å²) in [6.45, 7) is 4.64. The Morgan fingerprint density at radius 1 is 1.26 bits per heavy atom. The number of anilines is 1. The summed E-state index contributed by atoms with van der Waals surface area (Å²) in [6.07, 6.45) is 6.46. The molecule has 0 saturated carbocycles. The molecule has 176 valence electrons. The number of aryl methyl sites for hydroxylation is 2. The summed E-state index contributed by atoms with van der Waals surface area (Å²) < 4.78 is 10.2. The number of likely N-dealkylation sites (tertiary alicyclic amines) is 1. The molecule has 2 aromatic heterocycles. The van der Waals surface area contributed by atoms with Crippen LogP contribution in [0.2, 0.25) is 0 Å². The second-order valence-corrected chi connectivity index (χ2v) is 8.33. The maximum absolute atomic E-state index is 11.5. The lowest BCUT2D eigenvalue weighted by atomic mass is 10.0. The summed E-state index contributed by atoms with van der Waals surface area (Å²) in [7, 11) is 1.37. The van der Waals surface area contributed by atoms with Gasteiger partial charge >= 0.3 is 6.09 Å². The van der Waals surface area contributed by atoms with Crippen molar-refractivity contribution in [3.05, 3.63) is 65.3 Å². The zero-order valence-electron chi connectivity index (χ0n) is 19.4. The fourth-order valence-corrected chi connectivity index (χ4v) is 3.59. The van der Waals surface area contributed by atoms with Crippen LogP contribution in [0.5, 0.6) is 0 Å². The van der Waals surface area contributed by atoms with E-state index in [4.69, 9.17) is 9.26 Å². The van der Waals surface area contributed by atoms with Crippen LogP contribution in [0.1, 0.15) is 41.8 Å². The Hall–Kier alpha value is -4.01. The van der Waals surface area contributed by atoms with Gasteiger partial charge in [-0.25, -0.2) is 9.78 Å². The molecule has 1 saturated heterocycles. The Bertz CT molecular complexity index is 1200. The molecule has 34 heavy (non-hydrogen) atoms. The van der Waals surface area contributed by atoms with E-state index in [0.717, 1.165) is 28.1 Å². The first-order valence-electron chi connectivity index (χ1n) is 11.1. The van der Waals surface area contributed by atoms with E-state index in [1.807, 2.05) is 49.5 Å².